The summed E-state index contributed by atoms with van der Waals surface area (Å²) in [5.41, 5.74) is 9.14. The predicted octanol–water partition coefficient (Wildman–Crippen LogP) is 5.14. The minimum atomic E-state index is -1.02. The van der Waals surface area contributed by atoms with E-state index in [-0.39, 0.29) is 19.0 Å². The van der Waals surface area contributed by atoms with Crippen LogP contribution in [0.4, 0.5) is 10.5 Å². The van der Waals surface area contributed by atoms with Crippen molar-refractivity contribution in [2.24, 2.45) is 5.11 Å². The van der Waals surface area contributed by atoms with E-state index in [4.69, 9.17) is 10.3 Å². The second-order valence-corrected chi connectivity index (χ2v) is 10.3. The molecule has 0 aliphatic heterocycles. The first-order chi connectivity index (χ1) is 16.8. The van der Waals surface area contributed by atoms with Gasteiger partial charge in [-0.1, -0.05) is 59.7 Å². The van der Waals surface area contributed by atoms with Gasteiger partial charge in [0.05, 0.1) is 0 Å². The standard InChI is InChI=1S/C26H34N6O4/c1-25(2,3)29-23(34)22(19-12-14-20(15-13-19)30-31-27)32(17-18-10-8-7-9-11-18)21(33)16-28-24(35)36-26(4,5)6/h7-15,22H,16-17H2,1-6H3,(H,28,35)(H,29,34). The normalized spacial score (nSPS) is 12.1. The molecular formula is C26H34N6O4. The van der Waals surface area contributed by atoms with Crippen molar-refractivity contribution in [3.05, 3.63) is 76.2 Å². The first-order valence-corrected chi connectivity index (χ1v) is 11.6. The van der Waals surface area contributed by atoms with E-state index < -0.39 is 29.2 Å². The lowest BCUT2D eigenvalue weighted by Crippen LogP contribution is -2.51. The van der Waals surface area contributed by atoms with Crippen LogP contribution in [-0.4, -0.2) is 40.5 Å². The Balaban J connectivity index is 2.46. The van der Waals surface area contributed by atoms with Gasteiger partial charge in [0.1, 0.15) is 18.2 Å². The van der Waals surface area contributed by atoms with E-state index in [1.165, 1.54) is 4.90 Å². The quantitative estimate of drug-likeness (QED) is 0.298. The van der Waals surface area contributed by atoms with E-state index in [9.17, 15) is 14.4 Å². The number of alkyl carbamates (subject to hydrolysis) is 1. The van der Waals surface area contributed by atoms with Gasteiger partial charge >= 0.3 is 6.09 Å². The number of benzene rings is 2. The summed E-state index contributed by atoms with van der Waals surface area (Å²) in [6, 6.07) is 14.7. The maximum Gasteiger partial charge on any atom is 0.408 e. The summed E-state index contributed by atoms with van der Waals surface area (Å²) >= 11 is 0. The van der Waals surface area contributed by atoms with Crippen LogP contribution in [0.5, 0.6) is 0 Å². The second-order valence-electron chi connectivity index (χ2n) is 10.3. The largest absolute Gasteiger partial charge is 0.444 e. The van der Waals surface area contributed by atoms with Crippen LogP contribution < -0.4 is 10.6 Å². The van der Waals surface area contributed by atoms with Crippen molar-refractivity contribution in [2.75, 3.05) is 6.54 Å². The Morgan fingerprint density at radius 2 is 1.61 bits per heavy atom. The average Bonchev–Trinajstić information content (AvgIpc) is 2.77. The molecule has 3 amide bonds. The molecule has 2 N–H and O–H groups in total. The van der Waals surface area contributed by atoms with Gasteiger partial charge in [0.2, 0.25) is 11.8 Å². The lowest BCUT2D eigenvalue weighted by atomic mass is 10.0. The van der Waals surface area contributed by atoms with Crippen molar-refractivity contribution in [2.45, 2.75) is 65.3 Å². The molecule has 2 aromatic rings. The van der Waals surface area contributed by atoms with E-state index in [0.717, 1.165) is 5.56 Å². The zero-order valence-electron chi connectivity index (χ0n) is 21.6. The van der Waals surface area contributed by atoms with Gasteiger partial charge in [-0.25, -0.2) is 4.79 Å². The van der Waals surface area contributed by atoms with Gasteiger partial charge < -0.3 is 20.3 Å². The summed E-state index contributed by atoms with van der Waals surface area (Å²) < 4.78 is 5.24. The first-order valence-electron chi connectivity index (χ1n) is 11.6. The Labute approximate surface area is 211 Å². The first kappa shape index (κ1) is 28.2. The van der Waals surface area contributed by atoms with Gasteiger partial charge in [-0.2, -0.15) is 0 Å². The van der Waals surface area contributed by atoms with Gasteiger partial charge in [-0.15, -0.1) is 0 Å². The fourth-order valence-corrected chi connectivity index (χ4v) is 3.35. The highest BCUT2D eigenvalue weighted by Gasteiger charge is 2.33. The van der Waals surface area contributed by atoms with E-state index in [1.807, 2.05) is 51.1 Å². The zero-order valence-corrected chi connectivity index (χ0v) is 21.6. The molecule has 0 fully saturated rings. The van der Waals surface area contributed by atoms with Crippen LogP contribution >= 0.6 is 0 Å². The van der Waals surface area contributed by atoms with Crippen molar-refractivity contribution in [1.29, 1.82) is 0 Å². The molecule has 0 aliphatic carbocycles. The van der Waals surface area contributed by atoms with Crippen LogP contribution in [0.25, 0.3) is 10.4 Å². The molecule has 1 unspecified atom stereocenters. The number of rotatable bonds is 8. The number of carbonyl (C=O) groups excluding carboxylic acids is 3. The molecule has 10 heteroatoms. The Kier molecular flexibility index (Phi) is 9.46. The maximum atomic E-state index is 13.5. The predicted molar refractivity (Wildman–Crippen MR) is 137 cm³/mol. The maximum absolute atomic E-state index is 13.5. The van der Waals surface area contributed by atoms with Crippen molar-refractivity contribution < 1.29 is 19.1 Å². The van der Waals surface area contributed by atoms with Crippen LogP contribution in [0.1, 0.15) is 58.7 Å². The fraction of sp³-hybridized carbons (Fsp3) is 0.423. The molecular weight excluding hydrogens is 460 g/mol. The summed E-state index contributed by atoms with van der Waals surface area (Å²) in [6.45, 7) is 10.5. The molecule has 0 bridgehead atoms. The molecule has 0 aromatic heterocycles. The van der Waals surface area contributed by atoms with Crippen LogP contribution in [0.3, 0.4) is 0 Å². The monoisotopic (exact) mass is 494 g/mol. The topological polar surface area (TPSA) is 136 Å². The molecule has 192 valence electrons. The number of nitrogens with one attached hydrogen (secondary N) is 2. The highest BCUT2D eigenvalue weighted by atomic mass is 16.6. The van der Waals surface area contributed by atoms with Crippen LogP contribution in [0, 0.1) is 0 Å². The van der Waals surface area contributed by atoms with Gasteiger partial charge in [-0.3, -0.25) is 9.59 Å². The Morgan fingerprint density at radius 3 is 2.14 bits per heavy atom. The van der Waals surface area contributed by atoms with Crippen LogP contribution in [0.2, 0.25) is 0 Å². The highest BCUT2D eigenvalue weighted by Crippen LogP contribution is 2.27. The molecule has 1 atom stereocenters. The van der Waals surface area contributed by atoms with Crippen molar-refractivity contribution in [3.8, 4) is 0 Å². The third-order valence-electron chi connectivity index (χ3n) is 4.73. The highest BCUT2D eigenvalue weighted by molar-refractivity contribution is 5.90. The minimum absolute atomic E-state index is 0.121. The van der Waals surface area contributed by atoms with Crippen molar-refractivity contribution in [3.63, 3.8) is 0 Å². The van der Waals surface area contributed by atoms with Gasteiger partial charge in [0, 0.05) is 22.7 Å². The molecule has 2 aromatic carbocycles. The third kappa shape index (κ3) is 9.31. The van der Waals surface area contributed by atoms with E-state index in [0.29, 0.717) is 11.3 Å². The zero-order chi connectivity index (χ0) is 26.9. The number of hydrogen-bond acceptors (Lipinski definition) is 5. The molecule has 0 aliphatic rings. The third-order valence-corrected chi connectivity index (χ3v) is 4.73. The molecule has 0 heterocycles. The Morgan fingerprint density at radius 1 is 1.00 bits per heavy atom. The summed E-state index contributed by atoms with van der Waals surface area (Å²) in [4.78, 5) is 43.4. The molecule has 36 heavy (non-hydrogen) atoms. The number of nitrogens with zero attached hydrogens (tertiary/aromatic N) is 4. The smallest absolute Gasteiger partial charge is 0.408 e. The fourth-order valence-electron chi connectivity index (χ4n) is 3.35. The molecule has 2 rings (SSSR count). The summed E-state index contributed by atoms with van der Waals surface area (Å²) in [6.07, 6.45) is -0.732. The number of azide groups is 1. The van der Waals surface area contributed by atoms with E-state index >= 15 is 0 Å². The van der Waals surface area contributed by atoms with Crippen molar-refractivity contribution in [1.82, 2.24) is 15.5 Å². The Hall–Kier alpha value is -4.04. The molecule has 0 spiro atoms. The molecule has 10 nitrogen and oxygen atoms in total. The Bertz CT molecular complexity index is 1100. The lowest BCUT2D eigenvalue weighted by Gasteiger charge is -2.34. The lowest BCUT2D eigenvalue weighted by molar-refractivity contribution is -0.141. The molecule has 0 saturated carbocycles. The summed E-state index contributed by atoms with van der Waals surface area (Å²) in [5, 5.41) is 9.01. The second kappa shape index (κ2) is 12.1. The number of carbonyl (C=O) groups is 3. The summed E-state index contributed by atoms with van der Waals surface area (Å²) in [7, 11) is 0. The minimum Gasteiger partial charge on any atom is -0.444 e. The number of ether oxygens (including phenoxy) is 1. The van der Waals surface area contributed by atoms with E-state index in [2.05, 4.69) is 20.7 Å². The van der Waals surface area contributed by atoms with Gasteiger partial charge in [0.25, 0.3) is 0 Å². The van der Waals surface area contributed by atoms with Gasteiger partial charge in [0.15, 0.2) is 0 Å². The summed E-state index contributed by atoms with van der Waals surface area (Å²) in [5.74, 6) is -0.863. The van der Waals surface area contributed by atoms with E-state index in [1.54, 1.807) is 45.0 Å². The van der Waals surface area contributed by atoms with Crippen LogP contribution in [-0.2, 0) is 20.9 Å². The number of amides is 3. The molecule has 0 saturated heterocycles. The van der Waals surface area contributed by atoms with Crippen LogP contribution in [0.15, 0.2) is 59.7 Å². The average molecular weight is 495 g/mol. The SMILES string of the molecule is CC(C)(C)NC(=O)C(c1ccc(N=[N+]=[N-])cc1)N(Cc1ccccc1)C(=O)CNC(=O)OC(C)(C)C. The van der Waals surface area contributed by atoms with Gasteiger partial charge in [-0.05, 0) is 58.2 Å². The van der Waals surface area contributed by atoms with Crippen molar-refractivity contribution >= 4 is 23.6 Å². The molecule has 0 radical (unpaired) electrons. The number of hydrogen-bond donors (Lipinski definition) is 2.